The Kier molecular flexibility index (Phi) is 5.09. The van der Waals surface area contributed by atoms with E-state index in [1.807, 2.05) is 31.1 Å². The summed E-state index contributed by atoms with van der Waals surface area (Å²) in [5.41, 5.74) is 1.47. The van der Waals surface area contributed by atoms with E-state index in [-0.39, 0.29) is 12.3 Å². The highest BCUT2D eigenvalue weighted by molar-refractivity contribution is 6.41. The van der Waals surface area contributed by atoms with Gasteiger partial charge in [0.1, 0.15) is 5.71 Å². The number of benzene rings is 1. The van der Waals surface area contributed by atoms with Crippen LogP contribution in [0.1, 0.15) is 11.1 Å². The van der Waals surface area contributed by atoms with Gasteiger partial charge in [-0.25, -0.2) is 4.79 Å². The van der Waals surface area contributed by atoms with Gasteiger partial charge in [0.2, 0.25) is 0 Å². The maximum absolute atomic E-state index is 11.4. The van der Waals surface area contributed by atoms with Crippen LogP contribution in [0, 0.1) is 17.8 Å². The molecule has 1 rings (SSSR count). The Morgan fingerprint density at radius 1 is 1.39 bits per heavy atom. The van der Waals surface area contributed by atoms with Crippen molar-refractivity contribution >= 4 is 11.7 Å². The van der Waals surface area contributed by atoms with Crippen molar-refractivity contribution in [2.45, 2.75) is 6.54 Å². The summed E-state index contributed by atoms with van der Waals surface area (Å²) in [5, 5.41) is 7.67. The Balaban J connectivity index is 2.70. The quantitative estimate of drug-likeness (QED) is 0.482. The van der Waals surface area contributed by atoms with Crippen molar-refractivity contribution in [1.29, 1.82) is 5.41 Å². The van der Waals surface area contributed by atoms with Crippen LogP contribution in [0.4, 0.5) is 0 Å². The molecule has 4 heteroatoms. The number of rotatable bonds is 5. The van der Waals surface area contributed by atoms with Gasteiger partial charge >= 0.3 is 5.97 Å². The van der Waals surface area contributed by atoms with E-state index in [0.29, 0.717) is 5.56 Å². The third-order valence-corrected chi connectivity index (χ3v) is 2.23. The first kappa shape index (κ1) is 13.9. The van der Waals surface area contributed by atoms with Crippen molar-refractivity contribution in [3.05, 3.63) is 35.4 Å². The van der Waals surface area contributed by atoms with Crippen LogP contribution in [-0.4, -0.2) is 37.3 Å². The molecule has 1 aromatic carbocycles. The SMILES string of the molecule is C#CCOC(=O)C(=N)c1ccc(CN(C)C)cc1. The summed E-state index contributed by atoms with van der Waals surface area (Å²) in [5.74, 6) is 1.49. The van der Waals surface area contributed by atoms with E-state index in [1.54, 1.807) is 12.1 Å². The van der Waals surface area contributed by atoms with Crippen molar-refractivity contribution in [3.8, 4) is 12.3 Å². The van der Waals surface area contributed by atoms with Gasteiger partial charge in [0, 0.05) is 12.1 Å². The molecule has 0 aliphatic carbocycles. The van der Waals surface area contributed by atoms with Gasteiger partial charge in [-0.1, -0.05) is 30.2 Å². The number of hydrogen-bond donors (Lipinski definition) is 1. The van der Waals surface area contributed by atoms with Crippen molar-refractivity contribution in [2.75, 3.05) is 20.7 Å². The van der Waals surface area contributed by atoms with Crippen molar-refractivity contribution in [2.24, 2.45) is 0 Å². The second-order valence-corrected chi connectivity index (χ2v) is 4.09. The van der Waals surface area contributed by atoms with Gasteiger partial charge in [-0.2, -0.15) is 0 Å². The van der Waals surface area contributed by atoms with E-state index in [1.165, 1.54) is 0 Å². The number of carbonyl (C=O) groups excluding carboxylic acids is 1. The molecule has 0 unspecified atom stereocenters. The van der Waals surface area contributed by atoms with Crippen LogP contribution in [0.15, 0.2) is 24.3 Å². The molecule has 0 fully saturated rings. The maximum atomic E-state index is 11.4. The van der Waals surface area contributed by atoms with E-state index in [4.69, 9.17) is 16.6 Å². The van der Waals surface area contributed by atoms with Crippen molar-refractivity contribution in [1.82, 2.24) is 4.90 Å². The molecule has 0 saturated carbocycles. The predicted molar refractivity (Wildman–Crippen MR) is 70.5 cm³/mol. The lowest BCUT2D eigenvalue weighted by Gasteiger charge is -2.10. The van der Waals surface area contributed by atoms with Gasteiger partial charge in [-0.05, 0) is 19.7 Å². The fraction of sp³-hybridized carbons (Fsp3) is 0.286. The third-order valence-electron chi connectivity index (χ3n) is 2.23. The lowest BCUT2D eigenvalue weighted by atomic mass is 10.1. The number of terminal acetylenes is 1. The number of nitrogens with one attached hydrogen (secondary N) is 1. The topological polar surface area (TPSA) is 53.4 Å². The molecule has 18 heavy (non-hydrogen) atoms. The zero-order chi connectivity index (χ0) is 13.5. The Labute approximate surface area is 107 Å². The van der Waals surface area contributed by atoms with Gasteiger partial charge in [0.25, 0.3) is 0 Å². The first-order chi connectivity index (χ1) is 8.54. The standard InChI is InChI=1S/C14H16N2O2/c1-4-9-18-14(17)13(15)12-7-5-11(6-8-12)10-16(2)3/h1,5-8,15H,9-10H2,2-3H3. The lowest BCUT2D eigenvalue weighted by Crippen LogP contribution is -2.18. The Morgan fingerprint density at radius 3 is 2.50 bits per heavy atom. The third kappa shape index (κ3) is 4.04. The average molecular weight is 244 g/mol. The monoisotopic (exact) mass is 244 g/mol. The molecular formula is C14H16N2O2. The van der Waals surface area contributed by atoms with Gasteiger partial charge in [0.15, 0.2) is 6.61 Å². The van der Waals surface area contributed by atoms with Crippen LogP contribution in [0.3, 0.4) is 0 Å². The van der Waals surface area contributed by atoms with Crippen LogP contribution in [-0.2, 0) is 16.1 Å². The normalized spacial score (nSPS) is 9.89. The Bertz CT molecular complexity index is 470. The highest BCUT2D eigenvalue weighted by Crippen LogP contribution is 2.07. The lowest BCUT2D eigenvalue weighted by molar-refractivity contribution is -0.134. The summed E-state index contributed by atoms with van der Waals surface area (Å²) in [4.78, 5) is 13.5. The van der Waals surface area contributed by atoms with Gasteiger partial charge in [0.05, 0.1) is 0 Å². The van der Waals surface area contributed by atoms with Crippen LogP contribution >= 0.6 is 0 Å². The molecule has 0 aliphatic rings. The number of hydrogen-bond acceptors (Lipinski definition) is 4. The number of carbonyl (C=O) groups is 1. The molecule has 0 spiro atoms. The molecule has 0 bridgehead atoms. The second-order valence-electron chi connectivity index (χ2n) is 4.09. The predicted octanol–water partition coefficient (Wildman–Crippen LogP) is 1.29. The molecule has 0 aromatic heterocycles. The highest BCUT2D eigenvalue weighted by atomic mass is 16.5. The molecular weight excluding hydrogens is 228 g/mol. The average Bonchev–Trinajstić information content (AvgIpc) is 2.35. The molecule has 0 amide bonds. The van der Waals surface area contributed by atoms with Gasteiger partial charge in [-0.3, -0.25) is 5.41 Å². The molecule has 1 N–H and O–H groups in total. The minimum Gasteiger partial charge on any atom is -0.448 e. The Morgan fingerprint density at radius 2 is 2.00 bits per heavy atom. The summed E-state index contributed by atoms with van der Waals surface area (Å²) >= 11 is 0. The first-order valence-corrected chi connectivity index (χ1v) is 5.47. The maximum Gasteiger partial charge on any atom is 0.357 e. The molecule has 94 valence electrons. The molecule has 1 aromatic rings. The fourth-order valence-corrected chi connectivity index (χ4v) is 1.44. The molecule has 4 nitrogen and oxygen atoms in total. The molecule has 0 atom stereocenters. The van der Waals surface area contributed by atoms with Crippen LogP contribution in [0.5, 0.6) is 0 Å². The van der Waals surface area contributed by atoms with Crippen molar-refractivity contribution < 1.29 is 9.53 Å². The minimum atomic E-state index is -0.701. The van der Waals surface area contributed by atoms with Gasteiger partial charge in [-0.15, -0.1) is 6.42 Å². The van der Waals surface area contributed by atoms with E-state index in [2.05, 4.69) is 5.92 Å². The molecule has 0 aliphatic heterocycles. The summed E-state index contributed by atoms with van der Waals surface area (Å²) in [6, 6.07) is 7.24. The van der Waals surface area contributed by atoms with Crippen molar-refractivity contribution in [3.63, 3.8) is 0 Å². The van der Waals surface area contributed by atoms with Crippen LogP contribution in [0.25, 0.3) is 0 Å². The summed E-state index contributed by atoms with van der Waals surface area (Å²) in [7, 11) is 3.96. The van der Waals surface area contributed by atoms with E-state index in [9.17, 15) is 4.79 Å². The zero-order valence-corrected chi connectivity index (χ0v) is 10.6. The molecule has 0 saturated heterocycles. The summed E-state index contributed by atoms with van der Waals surface area (Å²) in [6.07, 6.45) is 4.98. The molecule has 0 heterocycles. The second kappa shape index (κ2) is 6.58. The zero-order valence-electron chi connectivity index (χ0n) is 10.6. The number of esters is 1. The highest BCUT2D eigenvalue weighted by Gasteiger charge is 2.12. The summed E-state index contributed by atoms with van der Waals surface area (Å²) in [6.45, 7) is 0.703. The van der Waals surface area contributed by atoms with E-state index >= 15 is 0 Å². The number of nitrogens with zero attached hydrogens (tertiary/aromatic N) is 1. The van der Waals surface area contributed by atoms with Gasteiger partial charge < -0.3 is 9.64 Å². The smallest absolute Gasteiger partial charge is 0.357 e. The first-order valence-electron chi connectivity index (χ1n) is 5.47. The summed E-state index contributed by atoms with van der Waals surface area (Å²) < 4.78 is 4.69. The number of ether oxygens (including phenoxy) is 1. The van der Waals surface area contributed by atoms with E-state index < -0.39 is 5.97 Å². The molecule has 0 radical (unpaired) electrons. The van der Waals surface area contributed by atoms with Crippen LogP contribution in [0.2, 0.25) is 0 Å². The largest absolute Gasteiger partial charge is 0.448 e. The van der Waals surface area contributed by atoms with Crippen LogP contribution < -0.4 is 0 Å². The fourth-order valence-electron chi connectivity index (χ4n) is 1.44. The minimum absolute atomic E-state index is 0.111. The Hall–Kier alpha value is -2.12. The van der Waals surface area contributed by atoms with E-state index in [0.717, 1.165) is 12.1 Å².